The van der Waals surface area contributed by atoms with Gasteiger partial charge in [0.25, 0.3) is 0 Å². The molecule has 0 saturated carbocycles. The number of ether oxygens (including phenoxy) is 4. The Morgan fingerprint density at radius 1 is 0.368 bits per heavy atom. The van der Waals surface area contributed by atoms with E-state index in [1.165, 1.54) is 48.5 Å². The van der Waals surface area contributed by atoms with Gasteiger partial charge in [0.15, 0.2) is 0 Å². The molecule has 0 radical (unpaired) electrons. The zero-order valence-electron chi connectivity index (χ0n) is 38.0. The molecule has 0 unspecified atom stereocenters. The highest BCUT2D eigenvalue weighted by Crippen LogP contribution is 2.32. The molecule has 0 aliphatic carbocycles. The van der Waals surface area contributed by atoms with Crippen LogP contribution in [-0.4, -0.2) is 38.3 Å². The van der Waals surface area contributed by atoms with Crippen LogP contribution in [0.25, 0.3) is 0 Å². The van der Waals surface area contributed by atoms with Crippen LogP contribution in [-0.2, 0) is 19.7 Å². The average Bonchev–Trinajstić information content (AvgIpc) is 3.36. The van der Waals surface area contributed by atoms with Crippen LogP contribution in [0, 0.1) is 23.7 Å². The summed E-state index contributed by atoms with van der Waals surface area (Å²) in [5.41, 5.74) is -0.722. The van der Waals surface area contributed by atoms with Crippen LogP contribution in [0.15, 0.2) is 189 Å². The second-order valence-electron chi connectivity index (χ2n) is 15.8. The van der Waals surface area contributed by atoms with E-state index in [9.17, 15) is 27.0 Å². The maximum Gasteiger partial charge on any atom is 0.206 e. The lowest BCUT2D eigenvalue weighted by Gasteiger charge is -2.17. The maximum atomic E-state index is 13.5. The van der Waals surface area contributed by atoms with Gasteiger partial charge >= 0.3 is 0 Å². The number of rotatable bonds is 16. The summed E-state index contributed by atoms with van der Waals surface area (Å²) in [5, 5.41) is 21.0. The van der Waals surface area contributed by atoms with Gasteiger partial charge in [-0.3, -0.25) is 0 Å². The fourth-order valence-electron chi connectivity index (χ4n) is 6.64. The second-order valence-corrected chi connectivity index (χ2v) is 19.7. The van der Waals surface area contributed by atoms with Crippen LogP contribution in [0.1, 0.15) is 64.5 Å². The molecule has 12 heteroatoms. The van der Waals surface area contributed by atoms with E-state index in [4.69, 9.17) is 18.9 Å². The SMILES string of the molecule is CCC(O)(C#Cc1cccc(Oc2ccc(S(=O)(=O)c3ccc(Oc4ccc(Oc5ccc(S(=O)(=O)c6ccc(Oc7cccc(C#CC(O)(CC)CC)c7)cc6)cc5)cc4)cc3)cc2)c1)CC. The van der Waals surface area contributed by atoms with Gasteiger partial charge in [0, 0.05) is 11.1 Å². The van der Waals surface area contributed by atoms with E-state index in [-0.39, 0.29) is 19.6 Å². The van der Waals surface area contributed by atoms with Gasteiger partial charge < -0.3 is 29.2 Å². The third-order valence-corrected chi connectivity index (χ3v) is 14.8. The van der Waals surface area contributed by atoms with Crippen molar-refractivity contribution >= 4 is 19.7 Å². The Morgan fingerprint density at radius 2 is 0.603 bits per heavy atom. The highest BCUT2D eigenvalue weighted by molar-refractivity contribution is 7.91. The summed E-state index contributed by atoms with van der Waals surface area (Å²) < 4.78 is 77.8. The minimum Gasteiger partial charge on any atom is -0.457 e. The first-order valence-electron chi connectivity index (χ1n) is 22.1. The number of aliphatic hydroxyl groups is 2. The molecule has 0 aliphatic heterocycles. The highest BCUT2D eigenvalue weighted by atomic mass is 32.2. The zero-order chi connectivity index (χ0) is 48.4. The van der Waals surface area contributed by atoms with Gasteiger partial charge in [0.1, 0.15) is 57.2 Å². The summed E-state index contributed by atoms with van der Waals surface area (Å²) in [4.78, 5) is 0.380. The third-order valence-electron chi connectivity index (χ3n) is 11.2. The highest BCUT2D eigenvalue weighted by Gasteiger charge is 2.21. The second kappa shape index (κ2) is 21.1. The molecule has 0 saturated heterocycles. The van der Waals surface area contributed by atoms with E-state index in [2.05, 4.69) is 23.7 Å². The van der Waals surface area contributed by atoms with Gasteiger partial charge in [-0.15, -0.1) is 0 Å². The van der Waals surface area contributed by atoms with Crippen molar-refractivity contribution in [2.75, 3.05) is 0 Å². The largest absolute Gasteiger partial charge is 0.457 e. The molecule has 7 aromatic carbocycles. The molecule has 0 fully saturated rings. The quantitative estimate of drug-likeness (QED) is 0.0898. The first-order valence-corrected chi connectivity index (χ1v) is 25.0. The van der Waals surface area contributed by atoms with Gasteiger partial charge in [-0.05, 0) is 183 Å². The fraction of sp³-hybridized carbons (Fsp3) is 0.179. The van der Waals surface area contributed by atoms with Crippen LogP contribution in [0.2, 0.25) is 0 Å². The molecule has 0 bridgehead atoms. The Balaban J connectivity index is 0.912. The average molecular weight is 947 g/mol. The molecule has 0 spiro atoms. The third kappa shape index (κ3) is 12.2. The lowest BCUT2D eigenvalue weighted by Crippen LogP contribution is -2.23. The lowest BCUT2D eigenvalue weighted by atomic mass is 9.98. The predicted octanol–water partition coefficient (Wildman–Crippen LogP) is 12.3. The van der Waals surface area contributed by atoms with Gasteiger partial charge in [-0.1, -0.05) is 63.5 Å². The molecule has 0 aromatic heterocycles. The van der Waals surface area contributed by atoms with Crippen LogP contribution in [0.4, 0.5) is 0 Å². The Hall–Kier alpha value is -7.32. The molecule has 10 nitrogen and oxygen atoms in total. The van der Waals surface area contributed by atoms with Crippen molar-refractivity contribution in [3.8, 4) is 69.7 Å². The van der Waals surface area contributed by atoms with Crippen LogP contribution >= 0.6 is 0 Å². The van der Waals surface area contributed by atoms with Crippen molar-refractivity contribution < 1.29 is 46.0 Å². The molecular formula is C56H50O10S2. The molecule has 7 aromatic rings. The van der Waals surface area contributed by atoms with E-state index < -0.39 is 30.9 Å². The van der Waals surface area contributed by atoms with Gasteiger partial charge in [0.05, 0.1) is 19.6 Å². The normalized spacial score (nSPS) is 11.6. The van der Waals surface area contributed by atoms with Gasteiger partial charge in [0.2, 0.25) is 19.7 Å². The molecule has 0 amide bonds. The molecule has 0 atom stereocenters. The first kappa shape index (κ1) is 48.6. The van der Waals surface area contributed by atoms with Crippen molar-refractivity contribution in [2.24, 2.45) is 0 Å². The molecule has 0 aliphatic rings. The number of sulfone groups is 2. The van der Waals surface area contributed by atoms with Crippen LogP contribution < -0.4 is 18.9 Å². The number of hydrogen-bond acceptors (Lipinski definition) is 10. The number of benzene rings is 7. The summed E-state index contributed by atoms with van der Waals surface area (Å²) >= 11 is 0. The molecule has 346 valence electrons. The lowest BCUT2D eigenvalue weighted by molar-refractivity contribution is 0.0927. The Labute approximate surface area is 398 Å². The van der Waals surface area contributed by atoms with Crippen molar-refractivity contribution in [1.82, 2.24) is 0 Å². The number of hydrogen-bond donors (Lipinski definition) is 2. The van der Waals surface area contributed by atoms with Gasteiger partial charge in [-0.2, -0.15) is 0 Å². The summed E-state index contributed by atoms with van der Waals surface area (Å²) in [6.45, 7) is 7.55. The smallest absolute Gasteiger partial charge is 0.206 e. The fourth-order valence-corrected chi connectivity index (χ4v) is 9.17. The summed E-state index contributed by atoms with van der Waals surface area (Å²) in [6.07, 6.45) is 2.08. The van der Waals surface area contributed by atoms with E-state index in [1.807, 2.05) is 39.8 Å². The Bertz CT molecular complexity index is 2970. The summed E-state index contributed by atoms with van der Waals surface area (Å²) in [7, 11) is -7.69. The monoisotopic (exact) mass is 946 g/mol. The van der Waals surface area contributed by atoms with E-state index in [0.717, 1.165) is 0 Å². The van der Waals surface area contributed by atoms with Crippen LogP contribution in [0.3, 0.4) is 0 Å². The van der Waals surface area contributed by atoms with Crippen molar-refractivity contribution in [3.05, 3.63) is 181 Å². The van der Waals surface area contributed by atoms with Crippen LogP contribution in [0.5, 0.6) is 46.0 Å². The van der Waals surface area contributed by atoms with Crippen molar-refractivity contribution in [3.63, 3.8) is 0 Å². The Kier molecular flexibility index (Phi) is 15.1. The minimum absolute atomic E-state index is 0.0920. The molecule has 2 N–H and O–H groups in total. The van der Waals surface area contributed by atoms with Gasteiger partial charge in [-0.25, -0.2) is 16.8 Å². The maximum absolute atomic E-state index is 13.5. The summed E-state index contributed by atoms with van der Waals surface area (Å²) in [5.74, 6) is 15.7. The molecule has 68 heavy (non-hydrogen) atoms. The molecule has 0 heterocycles. The summed E-state index contributed by atoms with van der Waals surface area (Å²) in [6, 6.07) is 45.6. The standard InChI is InChI=1S/C56H50O10S2/c1-5-55(57,6-2)37-35-41-11-9-13-49(39-41)65-47-23-31-53(32-24-47)67(59,60)51-27-19-45(20-28-51)63-43-15-17-44(18-16-43)64-46-21-29-52(30-22-46)68(61,62)54-33-25-48(26-34-54)66-50-14-10-12-42(40-50)36-38-56(58,7-3)8-4/h9-34,39-40,57-58H,5-8H2,1-4H3. The minimum atomic E-state index is -3.85. The Morgan fingerprint density at radius 3 is 0.853 bits per heavy atom. The van der Waals surface area contributed by atoms with E-state index >= 15 is 0 Å². The zero-order valence-corrected chi connectivity index (χ0v) is 39.6. The predicted molar refractivity (Wildman–Crippen MR) is 261 cm³/mol. The van der Waals surface area contributed by atoms with Crippen molar-refractivity contribution in [2.45, 2.75) is 84.2 Å². The van der Waals surface area contributed by atoms with Crippen molar-refractivity contribution in [1.29, 1.82) is 0 Å². The van der Waals surface area contributed by atoms with E-state index in [0.29, 0.717) is 82.8 Å². The van der Waals surface area contributed by atoms with E-state index in [1.54, 1.807) is 109 Å². The first-order chi connectivity index (χ1) is 32.6. The molecule has 7 rings (SSSR count). The molecular weight excluding hydrogens is 897 g/mol. The topological polar surface area (TPSA) is 146 Å².